The lowest BCUT2D eigenvalue weighted by molar-refractivity contribution is 1.09. The normalized spacial score (nSPS) is 10.9. The van der Waals surface area contributed by atoms with Crippen LogP contribution in [0.3, 0.4) is 0 Å². The molecule has 0 aliphatic carbocycles. The van der Waals surface area contributed by atoms with Crippen LogP contribution < -0.4 is 0 Å². The van der Waals surface area contributed by atoms with Gasteiger partial charge in [0.25, 0.3) is 0 Å². The summed E-state index contributed by atoms with van der Waals surface area (Å²) < 4.78 is 0. The third kappa shape index (κ3) is 3.18. The molecular weight excluding hydrogens is 314 g/mol. The van der Waals surface area contributed by atoms with E-state index in [2.05, 4.69) is 47.2 Å². The van der Waals surface area contributed by atoms with Gasteiger partial charge in [0.15, 0.2) is 5.82 Å². The highest BCUT2D eigenvalue weighted by Crippen LogP contribution is 2.33. The molecule has 3 rings (SSSR count). The minimum Gasteiger partial charge on any atom is -0.259 e. The Labute approximate surface area is 139 Å². The highest BCUT2D eigenvalue weighted by atomic mass is 35.5. The van der Waals surface area contributed by atoms with Gasteiger partial charge in [0.2, 0.25) is 0 Å². The fraction of sp³-hybridized carbons (Fsp3) is 0.176. The molecule has 1 aromatic heterocycles. The summed E-state index contributed by atoms with van der Waals surface area (Å²) in [5, 5.41) is 7.66. The minimum absolute atomic E-state index is 0.794. The summed E-state index contributed by atoms with van der Waals surface area (Å²) in [6, 6.07) is 12.3. The van der Waals surface area contributed by atoms with Crippen molar-refractivity contribution < 1.29 is 0 Å². The molecule has 22 heavy (non-hydrogen) atoms. The summed E-state index contributed by atoms with van der Waals surface area (Å²) in [6.45, 7) is 4.27. The van der Waals surface area contributed by atoms with Gasteiger partial charge < -0.3 is 0 Å². The Hall–Kier alpha value is -1.78. The van der Waals surface area contributed by atoms with E-state index in [1.165, 1.54) is 22.3 Å². The zero-order valence-electron chi connectivity index (χ0n) is 12.4. The standard InChI is InChI=1S/C17H16ClN3S/c1-11-7-14(17-19-10-20-21-17)8-16(12(11)2)22-9-13-5-3-4-6-15(13)18/h3-8,10H,9H2,1-2H3,(H,19,20,21). The van der Waals surface area contributed by atoms with Crippen LogP contribution in [-0.4, -0.2) is 15.2 Å². The molecule has 3 aromatic rings. The lowest BCUT2D eigenvalue weighted by atomic mass is 10.1. The van der Waals surface area contributed by atoms with Crippen LogP contribution in [0.25, 0.3) is 11.4 Å². The summed E-state index contributed by atoms with van der Waals surface area (Å²) >= 11 is 8.03. The van der Waals surface area contributed by atoms with Gasteiger partial charge in [-0.3, -0.25) is 5.10 Å². The average molecular weight is 330 g/mol. The molecule has 0 bridgehead atoms. The molecule has 5 heteroatoms. The van der Waals surface area contributed by atoms with Crippen molar-refractivity contribution in [3.8, 4) is 11.4 Å². The first-order chi connectivity index (χ1) is 10.6. The number of aromatic nitrogens is 3. The van der Waals surface area contributed by atoms with Crippen LogP contribution in [0, 0.1) is 13.8 Å². The van der Waals surface area contributed by atoms with E-state index in [0.29, 0.717) is 0 Å². The fourth-order valence-corrected chi connectivity index (χ4v) is 3.66. The second-order valence-corrected chi connectivity index (χ2v) is 6.55. The lowest BCUT2D eigenvalue weighted by Crippen LogP contribution is -1.91. The number of aryl methyl sites for hydroxylation is 1. The number of nitrogens with zero attached hydrogens (tertiary/aromatic N) is 2. The highest BCUT2D eigenvalue weighted by molar-refractivity contribution is 7.98. The predicted molar refractivity (Wildman–Crippen MR) is 92.3 cm³/mol. The van der Waals surface area contributed by atoms with Crippen LogP contribution >= 0.6 is 23.4 Å². The molecule has 3 nitrogen and oxygen atoms in total. The first-order valence-electron chi connectivity index (χ1n) is 6.98. The number of halogens is 1. The van der Waals surface area contributed by atoms with E-state index in [1.807, 2.05) is 18.2 Å². The predicted octanol–water partition coefficient (Wildman–Crippen LogP) is 5.03. The van der Waals surface area contributed by atoms with Crippen molar-refractivity contribution in [2.45, 2.75) is 24.5 Å². The maximum Gasteiger partial charge on any atom is 0.155 e. The number of nitrogens with one attached hydrogen (secondary N) is 1. The molecule has 0 spiro atoms. The molecule has 0 radical (unpaired) electrons. The van der Waals surface area contributed by atoms with Crippen LogP contribution in [0.2, 0.25) is 5.02 Å². The first kappa shape index (κ1) is 15.1. The zero-order valence-corrected chi connectivity index (χ0v) is 14.0. The number of aromatic amines is 1. The molecule has 1 heterocycles. The molecule has 0 amide bonds. The SMILES string of the molecule is Cc1cc(-c2ncn[nH]2)cc(SCc2ccccc2Cl)c1C. The Bertz CT molecular complexity index is 785. The number of benzene rings is 2. The van der Waals surface area contributed by atoms with Crippen molar-refractivity contribution in [1.29, 1.82) is 0 Å². The van der Waals surface area contributed by atoms with Crippen molar-refractivity contribution in [1.82, 2.24) is 15.2 Å². The van der Waals surface area contributed by atoms with Gasteiger partial charge in [-0.15, -0.1) is 11.8 Å². The number of hydrogen-bond donors (Lipinski definition) is 1. The van der Waals surface area contributed by atoms with Crippen LogP contribution in [-0.2, 0) is 5.75 Å². The van der Waals surface area contributed by atoms with Crippen LogP contribution in [0.4, 0.5) is 0 Å². The Morgan fingerprint density at radius 2 is 2.00 bits per heavy atom. The molecule has 0 unspecified atom stereocenters. The van der Waals surface area contributed by atoms with E-state index >= 15 is 0 Å². The van der Waals surface area contributed by atoms with E-state index in [0.717, 1.165) is 27.7 Å². The molecule has 0 saturated heterocycles. The molecule has 2 aromatic carbocycles. The Morgan fingerprint density at radius 1 is 1.18 bits per heavy atom. The van der Waals surface area contributed by atoms with Crippen LogP contribution in [0.5, 0.6) is 0 Å². The molecule has 0 aliphatic rings. The fourth-order valence-electron chi connectivity index (χ4n) is 2.23. The second-order valence-electron chi connectivity index (χ2n) is 5.13. The second kappa shape index (κ2) is 6.55. The monoisotopic (exact) mass is 329 g/mol. The third-order valence-electron chi connectivity index (χ3n) is 3.65. The quantitative estimate of drug-likeness (QED) is 0.682. The number of thioether (sulfide) groups is 1. The highest BCUT2D eigenvalue weighted by Gasteiger charge is 2.09. The Kier molecular flexibility index (Phi) is 4.50. The topological polar surface area (TPSA) is 41.6 Å². The molecule has 0 aliphatic heterocycles. The summed E-state index contributed by atoms with van der Waals surface area (Å²) in [6.07, 6.45) is 1.53. The molecule has 0 saturated carbocycles. The van der Waals surface area contributed by atoms with Gasteiger partial charge >= 0.3 is 0 Å². The van der Waals surface area contributed by atoms with Crippen molar-refractivity contribution in [2.24, 2.45) is 0 Å². The van der Waals surface area contributed by atoms with Gasteiger partial charge in [0, 0.05) is 21.2 Å². The lowest BCUT2D eigenvalue weighted by Gasteiger charge is -2.11. The van der Waals surface area contributed by atoms with Crippen molar-refractivity contribution in [2.75, 3.05) is 0 Å². The van der Waals surface area contributed by atoms with E-state index < -0.39 is 0 Å². The molecule has 1 N–H and O–H groups in total. The summed E-state index contributed by atoms with van der Waals surface area (Å²) in [4.78, 5) is 5.48. The van der Waals surface area contributed by atoms with Gasteiger partial charge in [-0.05, 0) is 48.7 Å². The van der Waals surface area contributed by atoms with Gasteiger partial charge in [-0.1, -0.05) is 29.8 Å². The molecular formula is C17H16ClN3S. The van der Waals surface area contributed by atoms with Crippen molar-refractivity contribution >= 4 is 23.4 Å². The first-order valence-corrected chi connectivity index (χ1v) is 8.34. The Balaban J connectivity index is 1.88. The third-order valence-corrected chi connectivity index (χ3v) is 5.21. The molecule has 112 valence electrons. The average Bonchev–Trinajstić information content (AvgIpc) is 3.04. The minimum atomic E-state index is 0.794. The molecule has 0 atom stereocenters. The maximum atomic E-state index is 6.24. The van der Waals surface area contributed by atoms with Crippen molar-refractivity contribution in [3.63, 3.8) is 0 Å². The van der Waals surface area contributed by atoms with Gasteiger partial charge in [0.05, 0.1) is 0 Å². The van der Waals surface area contributed by atoms with E-state index in [1.54, 1.807) is 11.8 Å². The largest absolute Gasteiger partial charge is 0.259 e. The van der Waals surface area contributed by atoms with E-state index in [4.69, 9.17) is 11.6 Å². The van der Waals surface area contributed by atoms with E-state index in [-0.39, 0.29) is 0 Å². The Morgan fingerprint density at radius 3 is 2.73 bits per heavy atom. The van der Waals surface area contributed by atoms with Crippen LogP contribution in [0.15, 0.2) is 47.6 Å². The maximum absolute atomic E-state index is 6.24. The van der Waals surface area contributed by atoms with Crippen LogP contribution in [0.1, 0.15) is 16.7 Å². The van der Waals surface area contributed by atoms with Gasteiger partial charge in [0.1, 0.15) is 6.33 Å². The van der Waals surface area contributed by atoms with Crippen molar-refractivity contribution in [3.05, 3.63) is 64.4 Å². The smallest absolute Gasteiger partial charge is 0.155 e. The number of rotatable bonds is 4. The number of hydrogen-bond acceptors (Lipinski definition) is 3. The summed E-state index contributed by atoms with van der Waals surface area (Å²) in [5.74, 6) is 1.64. The van der Waals surface area contributed by atoms with E-state index in [9.17, 15) is 0 Å². The van der Waals surface area contributed by atoms with Gasteiger partial charge in [-0.25, -0.2) is 4.98 Å². The van der Waals surface area contributed by atoms with Gasteiger partial charge in [-0.2, -0.15) is 5.10 Å². The number of H-pyrrole nitrogens is 1. The summed E-state index contributed by atoms with van der Waals surface area (Å²) in [5.41, 5.74) is 4.74. The summed E-state index contributed by atoms with van der Waals surface area (Å²) in [7, 11) is 0. The zero-order chi connectivity index (χ0) is 15.5. The molecule has 0 fully saturated rings.